The number of carbonyl (C=O) groups is 1. The van der Waals surface area contributed by atoms with Crippen LogP contribution in [0.25, 0.3) is 0 Å². The zero-order chi connectivity index (χ0) is 30.2. The Morgan fingerprint density at radius 1 is 0.905 bits per heavy atom. The van der Waals surface area contributed by atoms with Crippen molar-refractivity contribution < 1.29 is 27.4 Å². The molecule has 2 aliphatic heterocycles. The molecule has 7 nitrogen and oxygen atoms in total. The number of fused-ring (bicyclic) bond motifs is 1. The second-order valence-electron chi connectivity index (χ2n) is 11.5. The number of halogens is 3. The van der Waals surface area contributed by atoms with Crippen molar-refractivity contribution in [2.45, 2.75) is 38.6 Å². The maximum atomic E-state index is 15.3. The van der Waals surface area contributed by atoms with Crippen molar-refractivity contribution in [1.82, 2.24) is 4.90 Å². The van der Waals surface area contributed by atoms with Gasteiger partial charge in [0, 0.05) is 43.5 Å². The summed E-state index contributed by atoms with van der Waals surface area (Å²) in [6.45, 7) is 8.23. The minimum Gasteiger partial charge on any atom is -0.495 e. The van der Waals surface area contributed by atoms with Crippen molar-refractivity contribution >= 4 is 29.0 Å². The van der Waals surface area contributed by atoms with Gasteiger partial charge in [-0.3, -0.25) is 4.79 Å². The molecule has 0 spiro atoms. The third kappa shape index (κ3) is 5.62. The van der Waals surface area contributed by atoms with Crippen molar-refractivity contribution in [3.8, 4) is 5.75 Å². The molecule has 1 atom stereocenters. The van der Waals surface area contributed by atoms with Crippen LogP contribution in [-0.4, -0.2) is 57.2 Å². The maximum Gasteiger partial charge on any atom is 0.307 e. The third-order valence-corrected chi connectivity index (χ3v) is 7.84. The number of guanidine groups is 1. The van der Waals surface area contributed by atoms with E-state index in [1.807, 2.05) is 32.9 Å². The van der Waals surface area contributed by atoms with E-state index in [4.69, 9.17) is 14.5 Å². The van der Waals surface area contributed by atoms with E-state index >= 15 is 4.39 Å². The Balaban J connectivity index is 1.61. The van der Waals surface area contributed by atoms with Gasteiger partial charge in [-0.05, 0) is 41.3 Å². The lowest BCUT2D eigenvalue weighted by atomic mass is 9.86. The molecule has 0 bridgehead atoms. The van der Waals surface area contributed by atoms with Crippen LogP contribution in [0.2, 0.25) is 0 Å². The Morgan fingerprint density at radius 2 is 1.62 bits per heavy atom. The zero-order valence-corrected chi connectivity index (χ0v) is 24.5. The molecule has 42 heavy (non-hydrogen) atoms. The van der Waals surface area contributed by atoms with Gasteiger partial charge in [0.1, 0.15) is 17.3 Å². The molecule has 0 radical (unpaired) electrons. The summed E-state index contributed by atoms with van der Waals surface area (Å²) in [4.78, 5) is 23.6. The summed E-state index contributed by atoms with van der Waals surface area (Å²) in [5, 5.41) is 0. The first-order valence-corrected chi connectivity index (χ1v) is 13.9. The van der Waals surface area contributed by atoms with Crippen LogP contribution in [0.5, 0.6) is 5.75 Å². The highest BCUT2D eigenvalue weighted by Crippen LogP contribution is 2.45. The van der Waals surface area contributed by atoms with Crippen LogP contribution in [0.15, 0.2) is 59.6 Å². The number of hydrogen-bond donors (Lipinski definition) is 0. The number of rotatable bonds is 5. The molecule has 1 unspecified atom stereocenters. The Labute approximate surface area is 244 Å². The predicted molar refractivity (Wildman–Crippen MR) is 157 cm³/mol. The van der Waals surface area contributed by atoms with E-state index in [9.17, 15) is 13.6 Å². The Bertz CT molecular complexity index is 1510. The first-order chi connectivity index (χ1) is 20.0. The second-order valence-corrected chi connectivity index (χ2v) is 11.5. The number of piperazine rings is 1. The molecule has 1 saturated heterocycles. The van der Waals surface area contributed by atoms with Crippen LogP contribution in [0.3, 0.4) is 0 Å². The van der Waals surface area contributed by atoms with Gasteiger partial charge in [-0.15, -0.1) is 0 Å². The minimum absolute atomic E-state index is 0.0519. The minimum atomic E-state index is -0.902. The molecule has 5 rings (SSSR count). The molecule has 3 aromatic rings. The van der Waals surface area contributed by atoms with Gasteiger partial charge in [0.2, 0.25) is 5.96 Å². The number of methoxy groups -OCH3 is 2. The van der Waals surface area contributed by atoms with Gasteiger partial charge >= 0.3 is 5.97 Å². The molecule has 0 amide bonds. The molecule has 222 valence electrons. The second kappa shape index (κ2) is 11.6. The molecule has 0 N–H and O–H groups in total. The fraction of sp³-hybridized carbons (Fsp3) is 0.375. The average Bonchev–Trinajstić information content (AvgIpc) is 2.98. The summed E-state index contributed by atoms with van der Waals surface area (Å²) >= 11 is 0. The van der Waals surface area contributed by atoms with E-state index in [2.05, 4.69) is 20.8 Å². The van der Waals surface area contributed by atoms with E-state index in [-0.39, 0.29) is 17.5 Å². The van der Waals surface area contributed by atoms with E-state index in [0.717, 1.165) is 11.6 Å². The van der Waals surface area contributed by atoms with E-state index in [1.165, 1.54) is 19.2 Å². The molecular weight excluding hydrogens is 545 g/mol. The van der Waals surface area contributed by atoms with Gasteiger partial charge in [0.25, 0.3) is 0 Å². The van der Waals surface area contributed by atoms with Crippen LogP contribution >= 0.6 is 0 Å². The molecular formula is C32H35F3N4O3. The fourth-order valence-electron chi connectivity index (χ4n) is 5.48. The summed E-state index contributed by atoms with van der Waals surface area (Å²) in [5.41, 5.74) is 2.86. The molecule has 0 saturated carbocycles. The van der Waals surface area contributed by atoms with Gasteiger partial charge in [-0.2, -0.15) is 0 Å². The van der Waals surface area contributed by atoms with Crippen molar-refractivity contribution in [1.29, 1.82) is 0 Å². The van der Waals surface area contributed by atoms with Crippen LogP contribution in [0, 0.1) is 17.5 Å². The number of benzene rings is 3. The van der Waals surface area contributed by atoms with E-state index in [1.54, 1.807) is 25.3 Å². The lowest BCUT2D eigenvalue weighted by Gasteiger charge is -2.45. The van der Waals surface area contributed by atoms with Crippen molar-refractivity contribution in [3.63, 3.8) is 0 Å². The molecule has 3 aromatic carbocycles. The number of aliphatic imine (C=N–C) groups is 1. The molecule has 2 heterocycles. The van der Waals surface area contributed by atoms with Crippen LogP contribution in [0.4, 0.5) is 30.2 Å². The normalized spacial score (nSPS) is 17.1. The van der Waals surface area contributed by atoms with Crippen LogP contribution in [-0.2, 0) is 14.9 Å². The molecule has 10 heteroatoms. The summed E-state index contributed by atoms with van der Waals surface area (Å²) in [6.07, 6.45) is -0.0519. The topological polar surface area (TPSA) is 57.6 Å². The number of carbonyl (C=O) groups excluding carboxylic acids is 1. The standard InChI is InChI=1S/C32H35F3N4O3/c1-32(2,3)20-9-12-28(41-4)27(17-20)39-26(19-29(40)42-5)22-7-6-8-24(34)30(22)36-31(39)38-15-13-37(14-16-38)21-10-11-23(33)25(35)18-21/h6-12,17-18,26H,13-16,19H2,1-5H3. The molecule has 0 aliphatic carbocycles. The maximum absolute atomic E-state index is 15.3. The quantitative estimate of drug-likeness (QED) is 0.328. The summed E-state index contributed by atoms with van der Waals surface area (Å²) in [6, 6.07) is 13.9. The Hall–Kier alpha value is -4.21. The average molecular weight is 581 g/mol. The highest BCUT2D eigenvalue weighted by molar-refractivity contribution is 6.02. The molecule has 2 aliphatic rings. The van der Waals surface area contributed by atoms with Gasteiger partial charge in [-0.25, -0.2) is 18.2 Å². The molecule has 0 aromatic heterocycles. The lowest BCUT2D eigenvalue weighted by molar-refractivity contribution is -0.141. The number of esters is 1. The van der Waals surface area contributed by atoms with Gasteiger partial charge in [0.05, 0.1) is 32.4 Å². The van der Waals surface area contributed by atoms with Gasteiger partial charge in [-0.1, -0.05) is 39.0 Å². The van der Waals surface area contributed by atoms with Crippen molar-refractivity contribution in [2.75, 3.05) is 50.2 Å². The number of hydrogen-bond acceptors (Lipinski definition) is 7. The first-order valence-electron chi connectivity index (χ1n) is 13.9. The van der Waals surface area contributed by atoms with Crippen LogP contribution in [0.1, 0.15) is 44.4 Å². The summed E-state index contributed by atoms with van der Waals surface area (Å²) in [5.74, 6) is -1.69. The summed E-state index contributed by atoms with van der Waals surface area (Å²) in [7, 11) is 2.91. The van der Waals surface area contributed by atoms with Gasteiger partial charge < -0.3 is 24.2 Å². The first kappa shape index (κ1) is 29.3. The SMILES string of the molecule is COC(=O)CC1c2cccc(F)c2N=C(N2CCN(c3ccc(F)c(F)c3)CC2)N1c1cc(C(C)(C)C)ccc1OC. The zero-order valence-electron chi connectivity index (χ0n) is 24.5. The lowest BCUT2D eigenvalue weighted by Crippen LogP contribution is -2.55. The largest absolute Gasteiger partial charge is 0.495 e. The van der Waals surface area contributed by atoms with Gasteiger partial charge in [0.15, 0.2) is 11.6 Å². The molecule has 1 fully saturated rings. The highest BCUT2D eigenvalue weighted by atomic mass is 19.2. The summed E-state index contributed by atoms with van der Waals surface area (Å²) < 4.78 is 53.7. The smallest absolute Gasteiger partial charge is 0.307 e. The number of para-hydroxylation sites is 1. The van der Waals surface area contributed by atoms with Crippen LogP contribution < -0.4 is 14.5 Å². The third-order valence-electron chi connectivity index (χ3n) is 7.84. The van der Waals surface area contributed by atoms with E-state index < -0.39 is 29.5 Å². The fourth-order valence-corrected chi connectivity index (χ4v) is 5.48. The Kier molecular flexibility index (Phi) is 8.08. The van der Waals surface area contributed by atoms with Crippen molar-refractivity contribution in [2.24, 2.45) is 4.99 Å². The van der Waals surface area contributed by atoms with E-state index in [0.29, 0.717) is 54.8 Å². The monoisotopic (exact) mass is 580 g/mol. The number of nitrogens with zero attached hydrogens (tertiary/aromatic N) is 4. The predicted octanol–water partition coefficient (Wildman–Crippen LogP) is 6.34. The van der Waals surface area contributed by atoms with Crippen molar-refractivity contribution in [3.05, 3.63) is 83.2 Å². The Morgan fingerprint density at radius 3 is 2.26 bits per heavy atom. The number of ether oxygens (including phenoxy) is 2. The number of anilines is 2. The highest BCUT2D eigenvalue weighted by Gasteiger charge is 2.39.